The van der Waals surface area contributed by atoms with Crippen LogP contribution in [0.15, 0.2) is 27.9 Å². The fourth-order valence-electron chi connectivity index (χ4n) is 5.08. The summed E-state index contributed by atoms with van der Waals surface area (Å²) in [6.45, 7) is 10.2. The number of H-pyrrole nitrogens is 1. The largest absolute Gasteiger partial charge is 0.493 e. The number of nitrogens with zero attached hydrogens (tertiary/aromatic N) is 5. The second-order valence-electron chi connectivity index (χ2n) is 9.60. The van der Waals surface area contributed by atoms with Gasteiger partial charge < -0.3 is 9.72 Å². The van der Waals surface area contributed by atoms with Crippen molar-refractivity contribution >= 4 is 32.8 Å². The van der Waals surface area contributed by atoms with E-state index in [-0.39, 0.29) is 26.5 Å². The standard InChI is InChI=1S/C24H32N6O4S2/c1-6-8-17-20-21(28(5)27-17)23(31)26-22(25-20)16-13-15(9-10-18(16)34-7-2)36(32,33)29-11-12-30-19(14-29)35-24(30,3)4/h9-10,13,19H,6-8,11-12,14H2,1-5H3,(H,25,26,31). The maximum Gasteiger partial charge on any atom is 0.277 e. The zero-order chi connectivity index (χ0) is 25.8. The molecule has 2 aromatic heterocycles. The van der Waals surface area contributed by atoms with E-state index in [9.17, 15) is 13.2 Å². The summed E-state index contributed by atoms with van der Waals surface area (Å²) < 4.78 is 36.2. The number of hydrogen-bond donors (Lipinski definition) is 1. The van der Waals surface area contributed by atoms with E-state index in [4.69, 9.17) is 9.72 Å². The molecule has 1 atom stereocenters. The van der Waals surface area contributed by atoms with Gasteiger partial charge in [0, 0.05) is 26.7 Å². The average molecular weight is 533 g/mol. The Bertz CT molecular complexity index is 1480. The highest BCUT2D eigenvalue weighted by molar-refractivity contribution is 8.02. The molecule has 0 saturated carbocycles. The quantitative estimate of drug-likeness (QED) is 0.494. The molecule has 0 amide bonds. The van der Waals surface area contributed by atoms with Crippen LogP contribution in [0, 0.1) is 0 Å². The summed E-state index contributed by atoms with van der Waals surface area (Å²) in [5, 5.41) is 4.64. The normalized spacial score (nSPS) is 20.3. The minimum atomic E-state index is -3.75. The van der Waals surface area contributed by atoms with E-state index in [0.29, 0.717) is 55.0 Å². The molecule has 4 heterocycles. The molecule has 1 N–H and O–H groups in total. The highest BCUT2D eigenvalue weighted by atomic mass is 32.2. The molecule has 12 heteroatoms. The van der Waals surface area contributed by atoms with Crippen LogP contribution in [-0.2, 0) is 23.5 Å². The fourth-order valence-corrected chi connectivity index (χ4v) is 8.25. The average Bonchev–Trinajstić information content (AvgIpc) is 3.14. The number of rotatable bonds is 7. The molecular formula is C24H32N6O4S2. The van der Waals surface area contributed by atoms with Crippen molar-refractivity contribution < 1.29 is 13.2 Å². The van der Waals surface area contributed by atoms with Gasteiger partial charge in [-0.2, -0.15) is 9.40 Å². The van der Waals surface area contributed by atoms with Crippen LogP contribution in [0.2, 0.25) is 0 Å². The number of fused-ring (bicyclic) bond motifs is 2. The first-order valence-electron chi connectivity index (χ1n) is 12.2. The van der Waals surface area contributed by atoms with E-state index in [2.05, 4.69) is 28.8 Å². The molecular weight excluding hydrogens is 500 g/mol. The van der Waals surface area contributed by atoms with Gasteiger partial charge >= 0.3 is 0 Å². The number of nitrogens with one attached hydrogen (secondary N) is 1. The van der Waals surface area contributed by atoms with Crippen LogP contribution in [0.25, 0.3) is 22.4 Å². The van der Waals surface area contributed by atoms with Crippen molar-refractivity contribution in [2.75, 3.05) is 26.2 Å². The van der Waals surface area contributed by atoms with Gasteiger partial charge in [0.15, 0.2) is 5.52 Å². The number of hydrogen-bond acceptors (Lipinski definition) is 8. The van der Waals surface area contributed by atoms with Crippen LogP contribution in [0.4, 0.5) is 0 Å². The lowest BCUT2D eigenvalue weighted by Gasteiger charge is -2.58. The van der Waals surface area contributed by atoms with E-state index >= 15 is 0 Å². The van der Waals surface area contributed by atoms with Crippen molar-refractivity contribution in [2.24, 2.45) is 7.05 Å². The number of aromatic amines is 1. The Hall–Kier alpha value is -2.41. The molecule has 1 aromatic carbocycles. The lowest BCUT2D eigenvalue weighted by Crippen LogP contribution is -2.66. The summed E-state index contributed by atoms with van der Waals surface area (Å²) in [7, 11) is -2.03. The van der Waals surface area contributed by atoms with Crippen LogP contribution in [-0.4, -0.2) is 73.9 Å². The molecule has 3 aromatic rings. The van der Waals surface area contributed by atoms with Crippen molar-refractivity contribution in [3.05, 3.63) is 34.2 Å². The Morgan fingerprint density at radius 1 is 1.25 bits per heavy atom. The first-order chi connectivity index (χ1) is 17.1. The molecule has 0 spiro atoms. The van der Waals surface area contributed by atoms with E-state index in [1.54, 1.807) is 46.0 Å². The van der Waals surface area contributed by atoms with Crippen molar-refractivity contribution in [2.45, 2.75) is 55.7 Å². The van der Waals surface area contributed by atoms with Gasteiger partial charge in [0.25, 0.3) is 5.56 Å². The van der Waals surface area contributed by atoms with Gasteiger partial charge in [-0.25, -0.2) is 13.4 Å². The Kier molecular flexibility index (Phi) is 6.42. The van der Waals surface area contributed by atoms with Gasteiger partial charge in [0.05, 0.1) is 33.0 Å². The second kappa shape index (κ2) is 9.16. The van der Waals surface area contributed by atoms with Gasteiger partial charge in [-0.15, -0.1) is 11.8 Å². The number of ether oxygens (including phenoxy) is 1. The molecule has 2 saturated heterocycles. The summed E-state index contributed by atoms with van der Waals surface area (Å²) in [5.41, 5.74) is 1.75. The van der Waals surface area contributed by atoms with Crippen LogP contribution in [0.3, 0.4) is 0 Å². The first kappa shape index (κ1) is 25.2. The van der Waals surface area contributed by atoms with Gasteiger partial charge in [-0.05, 0) is 45.4 Å². The van der Waals surface area contributed by atoms with Crippen LogP contribution < -0.4 is 10.3 Å². The lowest BCUT2D eigenvalue weighted by atomic mass is 10.1. The molecule has 36 heavy (non-hydrogen) atoms. The molecule has 1 unspecified atom stereocenters. The summed E-state index contributed by atoms with van der Waals surface area (Å²) in [5.74, 6) is 0.723. The van der Waals surface area contributed by atoms with Crippen molar-refractivity contribution in [1.29, 1.82) is 0 Å². The summed E-state index contributed by atoms with van der Waals surface area (Å²) >= 11 is 1.79. The van der Waals surface area contributed by atoms with Gasteiger partial charge in [0.1, 0.15) is 17.1 Å². The zero-order valence-corrected chi connectivity index (χ0v) is 22.9. The zero-order valence-electron chi connectivity index (χ0n) is 21.2. The molecule has 0 aliphatic carbocycles. The van der Waals surface area contributed by atoms with Crippen LogP contribution in [0.5, 0.6) is 5.75 Å². The Morgan fingerprint density at radius 2 is 2.03 bits per heavy atom. The van der Waals surface area contributed by atoms with Crippen molar-refractivity contribution in [3.63, 3.8) is 0 Å². The molecule has 2 aliphatic heterocycles. The van der Waals surface area contributed by atoms with Crippen LogP contribution >= 0.6 is 11.8 Å². The van der Waals surface area contributed by atoms with Gasteiger partial charge in [0.2, 0.25) is 10.0 Å². The number of benzene rings is 1. The highest BCUT2D eigenvalue weighted by Crippen LogP contribution is 2.48. The number of piperazine rings is 1. The Labute approximate surface area is 215 Å². The predicted molar refractivity (Wildman–Crippen MR) is 141 cm³/mol. The summed E-state index contributed by atoms with van der Waals surface area (Å²) in [6, 6.07) is 4.77. The summed E-state index contributed by atoms with van der Waals surface area (Å²) in [4.78, 5) is 23.1. The highest BCUT2D eigenvalue weighted by Gasteiger charge is 2.50. The smallest absolute Gasteiger partial charge is 0.277 e. The first-order valence-corrected chi connectivity index (χ1v) is 14.6. The minimum absolute atomic E-state index is 0.0476. The predicted octanol–water partition coefficient (Wildman–Crippen LogP) is 2.79. The van der Waals surface area contributed by atoms with Gasteiger partial charge in [-0.1, -0.05) is 13.3 Å². The van der Waals surface area contributed by atoms with E-state index in [0.717, 1.165) is 12.1 Å². The molecule has 5 rings (SSSR count). The maximum atomic E-state index is 13.7. The molecule has 0 radical (unpaired) electrons. The molecule has 194 valence electrons. The number of thioether (sulfide) groups is 1. The Morgan fingerprint density at radius 3 is 2.69 bits per heavy atom. The Balaban J connectivity index is 1.57. The lowest BCUT2D eigenvalue weighted by molar-refractivity contribution is 0.0850. The molecule has 2 fully saturated rings. The summed E-state index contributed by atoms with van der Waals surface area (Å²) in [6.07, 6.45) is 1.54. The SMILES string of the molecule is CCCc1nn(C)c2c(=O)[nH]c(-c3cc(S(=O)(=O)N4CCN5C(C4)SC5(C)C)ccc3OCC)nc12. The van der Waals surface area contributed by atoms with Crippen LogP contribution in [0.1, 0.15) is 39.8 Å². The number of sulfonamides is 1. The van der Waals surface area contributed by atoms with Gasteiger partial charge in [-0.3, -0.25) is 14.4 Å². The van der Waals surface area contributed by atoms with Crippen molar-refractivity contribution in [3.8, 4) is 17.1 Å². The third kappa shape index (κ3) is 4.13. The third-order valence-electron chi connectivity index (χ3n) is 6.81. The van der Waals surface area contributed by atoms with E-state index in [1.165, 1.54) is 0 Å². The molecule has 2 aliphatic rings. The van der Waals surface area contributed by atoms with E-state index in [1.807, 2.05) is 13.8 Å². The van der Waals surface area contributed by atoms with Crippen molar-refractivity contribution in [1.82, 2.24) is 29.0 Å². The number of aryl methyl sites for hydroxylation is 2. The second-order valence-corrected chi connectivity index (χ2v) is 13.3. The monoisotopic (exact) mass is 532 g/mol. The molecule has 0 bridgehead atoms. The third-order valence-corrected chi connectivity index (χ3v) is 10.2. The van der Waals surface area contributed by atoms with E-state index < -0.39 is 10.0 Å². The maximum absolute atomic E-state index is 13.7. The fraction of sp³-hybridized carbons (Fsp3) is 0.542. The minimum Gasteiger partial charge on any atom is -0.493 e. The molecule has 10 nitrogen and oxygen atoms in total. The number of aromatic nitrogens is 4. The topological polar surface area (TPSA) is 113 Å².